The lowest BCUT2D eigenvalue weighted by Crippen LogP contribution is -2.44. The van der Waals surface area contributed by atoms with Gasteiger partial charge in [-0.15, -0.1) is 0 Å². The highest BCUT2D eigenvalue weighted by Gasteiger charge is 2.22. The lowest BCUT2D eigenvalue weighted by Gasteiger charge is -2.32. The van der Waals surface area contributed by atoms with Crippen LogP contribution in [0.3, 0.4) is 0 Å². The van der Waals surface area contributed by atoms with Gasteiger partial charge in [-0.25, -0.2) is 4.98 Å². The molecule has 1 aliphatic rings. The van der Waals surface area contributed by atoms with Crippen LogP contribution in [-0.4, -0.2) is 42.0 Å². The van der Waals surface area contributed by atoms with E-state index in [9.17, 15) is 4.79 Å². The maximum atomic E-state index is 12.5. The molecule has 1 amide bonds. The monoisotopic (exact) mass is 408 g/mol. The molecule has 0 spiro atoms. The van der Waals surface area contributed by atoms with Gasteiger partial charge in [-0.05, 0) is 53.5 Å². The molecular formula is C25H36N4O. The third-order valence-electron chi connectivity index (χ3n) is 5.98. The molecule has 1 fully saturated rings. The second-order valence-electron chi connectivity index (χ2n) is 9.02. The number of nitrogens with one attached hydrogen (secondary N) is 2. The van der Waals surface area contributed by atoms with Crippen LogP contribution >= 0.6 is 0 Å². The van der Waals surface area contributed by atoms with Crippen molar-refractivity contribution in [3.63, 3.8) is 0 Å². The Bertz CT molecular complexity index is 810. The minimum Gasteiger partial charge on any atom is -0.373 e. The fourth-order valence-corrected chi connectivity index (χ4v) is 3.94. The van der Waals surface area contributed by atoms with Crippen molar-refractivity contribution in [2.75, 3.05) is 25.5 Å². The molecule has 2 N–H and O–H groups in total. The van der Waals surface area contributed by atoms with E-state index in [1.807, 2.05) is 19.2 Å². The van der Waals surface area contributed by atoms with Gasteiger partial charge in [0, 0.05) is 38.9 Å². The van der Waals surface area contributed by atoms with E-state index in [1.165, 1.54) is 16.7 Å². The van der Waals surface area contributed by atoms with Gasteiger partial charge in [0.15, 0.2) is 0 Å². The van der Waals surface area contributed by atoms with Crippen molar-refractivity contribution in [2.45, 2.75) is 65.0 Å². The molecule has 2 aromatic rings. The van der Waals surface area contributed by atoms with Crippen LogP contribution in [0, 0.1) is 0 Å². The average Bonchev–Trinajstić information content (AvgIpc) is 2.74. The summed E-state index contributed by atoms with van der Waals surface area (Å²) in [5.74, 6) is 1.82. The Morgan fingerprint density at radius 3 is 2.20 bits per heavy atom. The molecule has 5 heteroatoms. The Hall–Kier alpha value is -2.40. The summed E-state index contributed by atoms with van der Waals surface area (Å²) in [6.45, 7) is 12.0. The summed E-state index contributed by atoms with van der Waals surface area (Å²) in [6.07, 6.45) is 3.59. The summed E-state index contributed by atoms with van der Waals surface area (Å²) in [5.41, 5.74) is 4.87. The number of benzene rings is 1. The average molecular weight is 409 g/mol. The zero-order valence-corrected chi connectivity index (χ0v) is 19.0. The summed E-state index contributed by atoms with van der Waals surface area (Å²) in [6, 6.07) is 11.0. The first-order valence-corrected chi connectivity index (χ1v) is 11.2. The largest absolute Gasteiger partial charge is 0.373 e. The fourth-order valence-electron chi connectivity index (χ4n) is 3.94. The van der Waals surface area contributed by atoms with Gasteiger partial charge in [0.1, 0.15) is 5.82 Å². The zero-order chi connectivity index (χ0) is 21.7. The molecule has 0 aliphatic carbocycles. The third kappa shape index (κ3) is 5.82. The third-order valence-corrected chi connectivity index (χ3v) is 5.98. The number of aromatic nitrogens is 1. The summed E-state index contributed by atoms with van der Waals surface area (Å²) < 4.78 is 0. The quantitative estimate of drug-likeness (QED) is 0.693. The molecule has 1 aromatic carbocycles. The lowest BCUT2D eigenvalue weighted by atomic mass is 9.92. The Labute approximate surface area is 181 Å². The predicted octanol–water partition coefficient (Wildman–Crippen LogP) is 4.76. The van der Waals surface area contributed by atoms with Crippen LogP contribution in [0.1, 0.15) is 79.4 Å². The number of hydrogen-bond donors (Lipinski definition) is 2. The molecule has 3 rings (SSSR count). The molecule has 0 radical (unpaired) electrons. The highest BCUT2D eigenvalue weighted by molar-refractivity contribution is 5.94. The van der Waals surface area contributed by atoms with Crippen molar-refractivity contribution in [1.82, 2.24) is 15.2 Å². The van der Waals surface area contributed by atoms with Gasteiger partial charge in [0.05, 0.1) is 5.56 Å². The van der Waals surface area contributed by atoms with E-state index in [-0.39, 0.29) is 11.9 Å². The molecule has 0 saturated carbocycles. The fraction of sp³-hybridized carbons (Fsp3) is 0.520. The number of carbonyl (C=O) groups is 1. The number of anilines is 1. The van der Waals surface area contributed by atoms with Gasteiger partial charge >= 0.3 is 0 Å². The molecule has 5 nitrogen and oxygen atoms in total. The molecule has 0 bridgehead atoms. The Kier molecular flexibility index (Phi) is 7.48. The normalized spacial score (nSPS) is 15.6. The molecule has 1 saturated heterocycles. The SMILES string of the molecule is CNc1ccc(C(=O)NC2CCN(Cc3cc(C(C)C)cc(C(C)C)c3)CC2)cn1. The van der Waals surface area contributed by atoms with Gasteiger partial charge in [-0.3, -0.25) is 9.69 Å². The van der Waals surface area contributed by atoms with Crippen LogP contribution in [0.4, 0.5) is 5.82 Å². The van der Waals surface area contributed by atoms with Gasteiger partial charge < -0.3 is 10.6 Å². The second kappa shape index (κ2) is 10.1. The van der Waals surface area contributed by atoms with E-state index < -0.39 is 0 Å². The molecule has 0 unspecified atom stereocenters. The molecule has 2 heterocycles. The second-order valence-corrected chi connectivity index (χ2v) is 9.02. The van der Waals surface area contributed by atoms with E-state index in [0.29, 0.717) is 17.4 Å². The molecule has 1 aliphatic heterocycles. The number of nitrogens with zero attached hydrogens (tertiary/aromatic N) is 2. The predicted molar refractivity (Wildman–Crippen MR) is 124 cm³/mol. The Morgan fingerprint density at radius 2 is 1.70 bits per heavy atom. The van der Waals surface area contributed by atoms with Crippen molar-refractivity contribution in [2.24, 2.45) is 0 Å². The van der Waals surface area contributed by atoms with Crippen LogP contribution in [-0.2, 0) is 6.54 Å². The van der Waals surface area contributed by atoms with Crippen LogP contribution in [0.25, 0.3) is 0 Å². The van der Waals surface area contributed by atoms with E-state index in [2.05, 4.69) is 66.4 Å². The first-order valence-electron chi connectivity index (χ1n) is 11.2. The van der Waals surface area contributed by atoms with Gasteiger partial charge in [-0.2, -0.15) is 0 Å². The van der Waals surface area contributed by atoms with Crippen LogP contribution in [0.15, 0.2) is 36.5 Å². The maximum absolute atomic E-state index is 12.5. The van der Waals surface area contributed by atoms with Crippen molar-refractivity contribution in [3.8, 4) is 0 Å². The minimum absolute atomic E-state index is 0.0326. The van der Waals surface area contributed by atoms with E-state index in [0.717, 1.165) is 38.3 Å². The number of likely N-dealkylation sites (tertiary alicyclic amines) is 1. The highest BCUT2D eigenvalue weighted by atomic mass is 16.1. The van der Waals surface area contributed by atoms with Crippen LogP contribution < -0.4 is 10.6 Å². The minimum atomic E-state index is -0.0326. The molecular weight excluding hydrogens is 372 g/mol. The highest BCUT2D eigenvalue weighted by Crippen LogP contribution is 2.25. The van der Waals surface area contributed by atoms with E-state index >= 15 is 0 Å². The topological polar surface area (TPSA) is 57.3 Å². The number of amides is 1. The van der Waals surface area contributed by atoms with Crippen molar-refractivity contribution >= 4 is 11.7 Å². The van der Waals surface area contributed by atoms with Crippen molar-refractivity contribution in [1.29, 1.82) is 0 Å². The summed E-state index contributed by atoms with van der Waals surface area (Å²) in [4.78, 5) is 19.2. The number of rotatable bonds is 7. The first-order chi connectivity index (χ1) is 14.4. The molecule has 30 heavy (non-hydrogen) atoms. The molecule has 1 aromatic heterocycles. The number of carbonyl (C=O) groups excluding carboxylic acids is 1. The molecule has 0 atom stereocenters. The Balaban J connectivity index is 1.54. The number of piperidine rings is 1. The van der Waals surface area contributed by atoms with Crippen molar-refractivity contribution < 1.29 is 4.79 Å². The van der Waals surface area contributed by atoms with Crippen LogP contribution in [0.2, 0.25) is 0 Å². The van der Waals surface area contributed by atoms with E-state index in [4.69, 9.17) is 0 Å². The number of pyridine rings is 1. The standard InChI is InChI=1S/C25H36N4O/c1-17(2)21-12-19(13-22(14-21)18(3)4)16-29-10-8-23(9-11-29)28-25(30)20-6-7-24(26-5)27-15-20/h6-7,12-15,17-18,23H,8-11,16H2,1-5H3,(H,26,27)(H,28,30). The van der Waals surface area contributed by atoms with Gasteiger partial charge in [0.2, 0.25) is 0 Å². The Morgan fingerprint density at radius 1 is 1.07 bits per heavy atom. The smallest absolute Gasteiger partial charge is 0.253 e. The summed E-state index contributed by atoms with van der Waals surface area (Å²) in [5, 5.41) is 6.15. The van der Waals surface area contributed by atoms with Crippen LogP contribution in [0.5, 0.6) is 0 Å². The summed E-state index contributed by atoms with van der Waals surface area (Å²) >= 11 is 0. The number of hydrogen-bond acceptors (Lipinski definition) is 4. The molecule has 162 valence electrons. The zero-order valence-electron chi connectivity index (χ0n) is 19.0. The first kappa shape index (κ1) is 22.3. The van der Waals surface area contributed by atoms with E-state index in [1.54, 1.807) is 6.20 Å². The lowest BCUT2D eigenvalue weighted by molar-refractivity contribution is 0.0908. The maximum Gasteiger partial charge on any atom is 0.253 e. The van der Waals surface area contributed by atoms with Gasteiger partial charge in [0.25, 0.3) is 5.91 Å². The summed E-state index contributed by atoms with van der Waals surface area (Å²) in [7, 11) is 1.82. The van der Waals surface area contributed by atoms with Crippen molar-refractivity contribution in [3.05, 3.63) is 58.8 Å². The van der Waals surface area contributed by atoms with Gasteiger partial charge in [-0.1, -0.05) is 45.9 Å².